The number of aryl methyl sites for hydroxylation is 4. The number of hydrogen-bond donors (Lipinski definition) is 5. The van der Waals surface area contributed by atoms with Crippen molar-refractivity contribution in [2.24, 2.45) is 11.8 Å². The lowest BCUT2D eigenvalue weighted by atomic mass is 9.76. The number of aliphatic hydroxyl groups is 2. The minimum absolute atomic E-state index is 0.0401. The van der Waals surface area contributed by atoms with Gasteiger partial charge >= 0.3 is 37.7 Å². The first kappa shape index (κ1) is 105. The third-order valence-electron chi connectivity index (χ3n) is 20.5. The Labute approximate surface area is 758 Å². The summed E-state index contributed by atoms with van der Waals surface area (Å²) in [5, 5.41) is 32.7. The maximum absolute atomic E-state index is 12.8. The van der Waals surface area contributed by atoms with Crippen LogP contribution in [0.3, 0.4) is 0 Å². The van der Waals surface area contributed by atoms with Crippen molar-refractivity contribution in [3.8, 4) is 17.0 Å². The Morgan fingerprint density at radius 2 is 0.952 bits per heavy atom. The predicted molar refractivity (Wildman–Crippen MR) is 476 cm³/mol. The van der Waals surface area contributed by atoms with Crippen LogP contribution in [0.1, 0.15) is 122 Å². The molecule has 0 unspecified atom stereocenters. The number of morpholine rings is 4. The molecule has 7 aliphatic rings. The molecule has 39 heteroatoms. The highest BCUT2D eigenvalue weighted by Gasteiger charge is 2.52. The van der Waals surface area contributed by atoms with Gasteiger partial charge in [-0.3, -0.25) is 4.79 Å². The van der Waals surface area contributed by atoms with Crippen LogP contribution in [0.25, 0.3) is 11.1 Å². The van der Waals surface area contributed by atoms with E-state index in [4.69, 9.17) is 122 Å². The van der Waals surface area contributed by atoms with E-state index in [1.807, 2.05) is 102 Å². The minimum atomic E-state index is -4.20. The lowest BCUT2D eigenvalue weighted by molar-refractivity contribution is -0.193. The molecule has 0 aliphatic carbocycles. The van der Waals surface area contributed by atoms with Crippen LogP contribution in [0.4, 0.5) is 51.6 Å². The molecule has 2 aromatic carbocycles. The topological polar surface area (TPSA) is 341 Å². The van der Waals surface area contributed by atoms with E-state index >= 15 is 0 Å². The normalized spacial score (nSPS) is 17.6. The summed E-state index contributed by atoms with van der Waals surface area (Å²) >= 11 is 34.3. The second kappa shape index (κ2) is 51.0. The number of carbonyl (C=O) groups excluding carboxylic acids is 7. The van der Waals surface area contributed by atoms with Gasteiger partial charge in [-0.05, 0) is 209 Å². The number of rotatable bonds is 13. The number of pyridine rings is 5. The zero-order chi connectivity index (χ0) is 92.4. The Balaban J connectivity index is 0.000000236. The number of hydrogen-bond acceptors (Lipinski definition) is 25. The summed E-state index contributed by atoms with van der Waals surface area (Å²) in [6.45, 7) is 40.2. The van der Waals surface area contributed by atoms with E-state index in [1.54, 1.807) is 58.0 Å². The fourth-order valence-corrected chi connectivity index (χ4v) is 14.6. The van der Waals surface area contributed by atoms with E-state index in [9.17, 15) is 37.8 Å². The standard InChI is InChI=1S/C26H36N4O3.C20H28BF3N2O3.C12H17ClN2O2.C10H13ClN2O.C6H3Cl2NO2.C6H5Cl2N.C4H9NO.2CO2/c1-5-19-8-9-30(17-19)25(31)27-21-7-6-18(2)22(16-21)20-14-23(26(3,4)32)28-24(15-20)29-10-12-33-13-11-29;1-13-6-7-15(10-16(13)21-28-18(2,3)19(4,5)29-21)25-17(27)26-9-8-14(12-26)11-20(22,23)24;1-12(2,16)10-7-9(13)8-11(14-10)15-3-5-17-6-4-15;1-8-6-9(11)7-10(12-8)13-2-4-14-5-3-13;7-4-1-5(8)9-6(2-4)11-3-10;1-4-2-5(7)3-6(8)9-4;1-3-6-4-2-5-1;2*2-1-3/h6-7,14-16,19,32H,5,8-13,17H2,1-4H3,(H,27,31);6-7,10,14H,8-9,11-12H2,1-5H3,(H,25,27);7-8,16H,3-6H2,1-2H3;6-7H,2-5H2,1H3;1-3H;2-3H,1H3;5H,1-4H2;;/t19-;14-;;;;;;;/m10......./s1. The highest BCUT2D eigenvalue weighted by molar-refractivity contribution is 6.62. The van der Waals surface area contributed by atoms with Gasteiger partial charge in [-0.1, -0.05) is 101 Å². The Morgan fingerprint density at radius 3 is 1.37 bits per heavy atom. The number of ether oxygens (including phenoxy) is 5. The van der Waals surface area contributed by atoms with Crippen LogP contribution in [0, 0.1) is 39.5 Å². The Morgan fingerprint density at radius 1 is 0.544 bits per heavy atom. The van der Waals surface area contributed by atoms with Crippen LogP contribution in [-0.2, 0) is 63.4 Å². The van der Waals surface area contributed by atoms with Crippen LogP contribution in [0.2, 0.25) is 30.4 Å². The second-order valence-corrected chi connectivity index (χ2v) is 34.3. The number of nitrogens with one attached hydrogen (secondary N) is 3. The van der Waals surface area contributed by atoms with Crippen LogP contribution in [0.5, 0.6) is 5.88 Å². The van der Waals surface area contributed by atoms with Gasteiger partial charge in [0.15, 0.2) is 0 Å². The third kappa shape index (κ3) is 36.3. The highest BCUT2D eigenvalue weighted by atomic mass is 35.5. The molecule has 14 rings (SSSR count). The van der Waals surface area contributed by atoms with E-state index in [0.29, 0.717) is 82.6 Å². The number of benzene rings is 2. The van der Waals surface area contributed by atoms with Gasteiger partial charge in [0.25, 0.3) is 6.47 Å². The molecule has 125 heavy (non-hydrogen) atoms. The summed E-state index contributed by atoms with van der Waals surface area (Å²) in [5.41, 5.74) is 6.21. The summed E-state index contributed by atoms with van der Waals surface area (Å²) < 4.78 is 75.4. The van der Waals surface area contributed by atoms with Crippen molar-refractivity contribution in [1.82, 2.24) is 40.0 Å². The Kier molecular flexibility index (Phi) is 43.0. The van der Waals surface area contributed by atoms with Crippen LogP contribution in [0.15, 0.2) is 97.1 Å². The molecule has 7 aromatic rings. The Bertz CT molecular complexity index is 4550. The Hall–Kier alpha value is -8.41. The van der Waals surface area contributed by atoms with Gasteiger partial charge in [-0.15, -0.1) is 0 Å². The van der Waals surface area contributed by atoms with Crippen molar-refractivity contribution in [1.29, 1.82) is 0 Å². The van der Waals surface area contributed by atoms with Crippen molar-refractivity contribution in [3.05, 3.63) is 161 Å². The smallest absolute Gasteiger partial charge is 0.410 e. The zero-order valence-electron chi connectivity index (χ0n) is 72.5. The van der Waals surface area contributed by atoms with Crippen LogP contribution in [-0.4, -0.2) is 232 Å². The van der Waals surface area contributed by atoms with E-state index in [0.717, 1.165) is 172 Å². The molecule has 5 aromatic heterocycles. The maximum Gasteiger partial charge on any atom is 0.495 e. The number of carbonyl (C=O) groups is 3. The molecule has 5 N–H and O–H groups in total. The summed E-state index contributed by atoms with van der Waals surface area (Å²) in [5.74, 6) is 2.75. The summed E-state index contributed by atoms with van der Waals surface area (Å²) in [4.78, 5) is 98.8. The number of aromatic nitrogens is 5. The lowest BCUT2D eigenvalue weighted by Gasteiger charge is -2.32. The van der Waals surface area contributed by atoms with Crippen molar-refractivity contribution in [2.75, 3.05) is 157 Å². The number of alkyl halides is 3. The average Bonchev–Trinajstić information content (AvgIpc) is 1.75. The van der Waals surface area contributed by atoms with Crippen molar-refractivity contribution >= 4 is 142 Å². The first-order chi connectivity index (χ1) is 59.0. The molecule has 29 nitrogen and oxygen atoms in total. The molecule has 7 saturated heterocycles. The van der Waals surface area contributed by atoms with Crippen molar-refractivity contribution < 1.29 is 89.9 Å². The third-order valence-corrected chi connectivity index (χ3v) is 21.7. The quantitative estimate of drug-likeness (QED) is 0.0407. The summed E-state index contributed by atoms with van der Waals surface area (Å²) in [6.07, 6.45) is -2.02. The largest absolute Gasteiger partial charge is 0.495 e. The molecule has 682 valence electrons. The molecule has 12 heterocycles. The first-order valence-corrected chi connectivity index (χ1v) is 42.8. The van der Waals surface area contributed by atoms with E-state index < -0.39 is 54.1 Å². The van der Waals surface area contributed by atoms with Gasteiger partial charge in [0.1, 0.15) is 39.0 Å². The van der Waals surface area contributed by atoms with Gasteiger partial charge in [0.2, 0.25) is 5.88 Å². The number of likely N-dealkylation sites (tertiary alicyclic amines) is 2. The minimum Gasteiger partial charge on any atom is -0.410 e. The van der Waals surface area contributed by atoms with Gasteiger partial charge in [-0.2, -0.15) is 32.3 Å². The maximum atomic E-state index is 12.8. The van der Waals surface area contributed by atoms with Crippen molar-refractivity contribution in [3.63, 3.8) is 0 Å². The summed E-state index contributed by atoms with van der Waals surface area (Å²) in [7, 11) is -0.556. The molecular weight excluding hydrogens is 1750 g/mol. The molecule has 7 aliphatic heterocycles. The SMILES string of the molecule is C1COCCN1.CC(C)(O)c1cc(Cl)cc(N2CCOCC2)n1.CC[C@@H]1CCN(C(=O)Nc2ccc(C)c(-c3cc(N4CCOCC4)nc(C(C)(C)O)c3)c2)C1.Cc1cc(Cl)cc(Cl)n1.Cc1cc(Cl)cc(N2CCOCC2)n1.Cc1ccc(NC(=O)N2CC[C@@H](CC(F)(F)F)C2)cc1B1OC(C)(C)C(C)(C)O1.O=C=O.O=C=O.O=COc1cc(Cl)cc(Cl)n1. The predicted octanol–water partition coefficient (Wildman–Crippen LogP) is 15.2. The number of halogens is 9. The molecule has 2 atom stereocenters. The van der Waals surface area contributed by atoms with Gasteiger partial charge in [0.05, 0.1) is 75.4 Å². The van der Waals surface area contributed by atoms with Crippen LogP contribution >= 0.6 is 69.6 Å². The van der Waals surface area contributed by atoms with Gasteiger partial charge in [-0.25, -0.2) is 34.5 Å². The molecule has 0 saturated carbocycles. The number of amides is 4. The lowest BCUT2D eigenvalue weighted by Crippen LogP contribution is -2.41. The van der Waals surface area contributed by atoms with Crippen molar-refractivity contribution in [2.45, 2.75) is 144 Å². The molecule has 7 fully saturated rings. The monoisotopic (exact) mass is 1860 g/mol. The number of urea groups is 2. The zero-order valence-corrected chi connectivity index (χ0v) is 77.0. The van der Waals surface area contributed by atoms with E-state index in [2.05, 4.69) is 75.2 Å². The van der Waals surface area contributed by atoms with E-state index in [-0.39, 0.29) is 42.4 Å². The first-order valence-electron chi connectivity index (χ1n) is 40.5. The molecular formula is C86H111BCl6F3N13O16. The van der Waals surface area contributed by atoms with Gasteiger partial charge < -0.3 is 83.7 Å². The molecule has 0 spiro atoms. The fraction of sp³-hybridized carbons (Fsp3) is 0.512. The average molecular weight is 1860 g/mol. The molecule has 0 radical (unpaired) electrons. The van der Waals surface area contributed by atoms with Crippen LogP contribution < -0.4 is 40.8 Å². The number of anilines is 5. The highest BCUT2D eigenvalue weighted by Crippen LogP contribution is 2.39. The second-order valence-electron chi connectivity index (χ2n) is 31.7. The number of nitrogens with zero attached hydrogens (tertiary/aromatic N) is 10. The molecule has 4 amide bonds. The van der Waals surface area contributed by atoms with E-state index in [1.165, 1.54) is 17.0 Å². The summed E-state index contributed by atoms with van der Waals surface area (Å²) in [6, 6.07) is 28.5. The molecule has 0 bridgehead atoms. The fourth-order valence-electron chi connectivity index (χ4n) is 13.1. The van der Waals surface area contributed by atoms with Gasteiger partial charge in [0, 0.05) is 134 Å².